The van der Waals surface area contributed by atoms with Crippen molar-refractivity contribution in [1.82, 2.24) is 46.2 Å². The number of hydrogen-bond acceptors (Lipinski definition) is 14. The summed E-state index contributed by atoms with van der Waals surface area (Å²) in [7, 11) is 0. The summed E-state index contributed by atoms with van der Waals surface area (Å²) in [4.78, 5) is 125. The highest BCUT2D eigenvalue weighted by Crippen LogP contribution is 2.11. The van der Waals surface area contributed by atoms with E-state index in [2.05, 4.69) is 26.6 Å². The molecule has 24 nitrogen and oxygen atoms in total. The molecule has 2 atom stereocenters. The van der Waals surface area contributed by atoms with E-state index in [0.29, 0.717) is 38.8 Å². The first-order chi connectivity index (χ1) is 29.9. The van der Waals surface area contributed by atoms with Crippen LogP contribution < -0.4 is 26.6 Å². The molecular formula is C39H67N9O15. The lowest BCUT2D eigenvalue weighted by molar-refractivity contribution is -0.145. The van der Waals surface area contributed by atoms with Crippen LogP contribution in [0.5, 0.6) is 0 Å². The van der Waals surface area contributed by atoms with E-state index in [-0.39, 0.29) is 154 Å². The molecule has 1 rings (SSSR count). The van der Waals surface area contributed by atoms with Gasteiger partial charge >= 0.3 is 29.8 Å². The van der Waals surface area contributed by atoms with E-state index in [1.807, 2.05) is 0 Å². The molecule has 1 fully saturated rings. The Balaban J connectivity index is 2.42. The number of rotatable bonds is 30. The zero-order valence-electron chi connectivity index (χ0n) is 36.1. The molecule has 10 N–H and O–H groups in total. The maximum atomic E-state index is 12.7. The van der Waals surface area contributed by atoms with Gasteiger partial charge in [-0.25, -0.2) is 4.79 Å². The van der Waals surface area contributed by atoms with Gasteiger partial charge in [0.05, 0.1) is 19.6 Å². The summed E-state index contributed by atoms with van der Waals surface area (Å²) in [5, 5.41) is 60.7. The normalized spacial score (nSPS) is 15.6. The molecule has 0 aliphatic carbocycles. The van der Waals surface area contributed by atoms with Crippen LogP contribution in [0.2, 0.25) is 0 Å². The fourth-order valence-corrected chi connectivity index (χ4v) is 6.51. The standard InChI is InChI=1S/C39H67N9O15/c1-2-30(49)44-28(38(60)61)7-6-15-42-33(52)11-10-32(51)40-13-4-3-5-14-41-34(53)12-16-43-31(50)9-8-29(39(62)63)48-23-21-46(26-36(56)57)19-17-45(25-35(54)55)18-20-47(22-24-48)27-37(58)59/h28-29H,2-27H2,1H3,(H,40,51)(H,41,53)(H,42,52)(H,43,50)(H,44,49)(H,54,55)(H,56,57)(H,58,59)(H,60,61)(H,62,63). The summed E-state index contributed by atoms with van der Waals surface area (Å²) < 4.78 is 0. The largest absolute Gasteiger partial charge is 0.480 e. The Kier molecular flexibility index (Phi) is 28.4. The Hall–Kier alpha value is -5.46. The number of nitrogens with zero attached hydrogens (tertiary/aromatic N) is 4. The van der Waals surface area contributed by atoms with Gasteiger partial charge in [0.15, 0.2) is 0 Å². The molecule has 5 amide bonds. The van der Waals surface area contributed by atoms with Crippen molar-refractivity contribution in [1.29, 1.82) is 0 Å². The lowest BCUT2D eigenvalue weighted by Crippen LogP contribution is -2.52. The van der Waals surface area contributed by atoms with Crippen molar-refractivity contribution in [2.75, 3.05) is 98.2 Å². The summed E-state index contributed by atoms with van der Waals surface area (Å²) in [6.45, 7) is 2.58. The predicted molar refractivity (Wildman–Crippen MR) is 223 cm³/mol. The van der Waals surface area contributed by atoms with Crippen molar-refractivity contribution in [3.8, 4) is 0 Å². The molecule has 63 heavy (non-hydrogen) atoms. The molecule has 358 valence electrons. The van der Waals surface area contributed by atoms with E-state index >= 15 is 0 Å². The minimum Gasteiger partial charge on any atom is -0.480 e. The molecular weight excluding hydrogens is 834 g/mol. The van der Waals surface area contributed by atoms with Crippen molar-refractivity contribution >= 4 is 59.4 Å². The second-order valence-electron chi connectivity index (χ2n) is 15.1. The van der Waals surface area contributed by atoms with Crippen molar-refractivity contribution in [2.45, 2.75) is 89.6 Å². The van der Waals surface area contributed by atoms with Crippen LogP contribution in [0.3, 0.4) is 0 Å². The zero-order valence-corrected chi connectivity index (χ0v) is 36.1. The molecule has 2 unspecified atom stereocenters. The van der Waals surface area contributed by atoms with Crippen LogP contribution in [-0.4, -0.2) is 215 Å². The Morgan fingerprint density at radius 2 is 0.841 bits per heavy atom. The van der Waals surface area contributed by atoms with E-state index in [1.165, 1.54) is 0 Å². The Bertz CT molecular complexity index is 1490. The van der Waals surface area contributed by atoms with E-state index in [4.69, 9.17) is 0 Å². The lowest BCUT2D eigenvalue weighted by atomic mass is 10.1. The van der Waals surface area contributed by atoms with E-state index in [0.717, 1.165) is 0 Å². The number of unbranched alkanes of at least 4 members (excludes halogenated alkanes) is 2. The molecule has 0 saturated carbocycles. The molecule has 0 bridgehead atoms. The van der Waals surface area contributed by atoms with Gasteiger partial charge < -0.3 is 52.1 Å². The molecule has 1 aliphatic rings. The second kappa shape index (κ2) is 32.2. The highest BCUT2D eigenvalue weighted by atomic mass is 16.4. The molecule has 0 aromatic heterocycles. The van der Waals surface area contributed by atoms with Gasteiger partial charge in [0.25, 0.3) is 0 Å². The first-order valence-electron chi connectivity index (χ1n) is 21.3. The van der Waals surface area contributed by atoms with Crippen LogP contribution in [-0.2, 0) is 47.9 Å². The number of amides is 5. The number of nitrogens with one attached hydrogen (secondary N) is 5. The maximum Gasteiger partial charge on any atom is 0.326 e. The van der Waals surface area contributed by atoms with Crippen LogP contribution >= 0.6 is 0 Å². The van der Waals surface area contributed by atoms with Crippen LogP contribution in [0, 0.1) is 0 Å². The van der Waals surface area contributed by atoms with Gasteiger partial charge in [0.1, 0.15) is 12.1 Å². The maximum absolute atomic E-state index is 12.7. The molecule has 0 aromatic carbocycles. The number of aliphatic carboxylic acids is 5. The van der Waals surface area contributed by atoms with Crippen LogP contribution in [0.1, 0.15) is 77.6 Å². The van der Waals surface area contributed by atoms with Crippen LogP contribution in [0.15, 0.2) is 0 Å². The highest BCUT2D eigenvalue weighted by Gasteiger charge is 2.29. The topological polar surface area (TPSA) is 345 Å². The summed E-state index contributed by atoms with van der Waals surface area (Å²) in [5.74, 6) is -7.53. The first-order valence-corrected chi connectivity index (χ1v) is 21.3. The number of carbonyl (C=O) groups is 10. The summed E-state index contributed by atoms with van der Waals surface area (Å²) >= 11 is 0. The predicted octanol–water partition coefficient (Wildman–Crippen LogP) is -2.74. The number of hydrogen-bond donors (Lipinski definition) is 10. The molecule has 0 radical (unpaired) electrons. The fourth-order valence-electron chi connectivity index (χ4n) is 6.51. The van der Waals surface area contributed by atoms with Crippen molar-refractivity contribution in [2.24, 2.45) is 0 Å². The zero-order chi connectivity index (χ0) is 47.2. The van der Waals surface area contributed by atoms with E-state index < -0.39 is 47.8 Å². The monoisotopic (exact) mass is 901 g/mol. The second-order valence-corrected chi connectivity index (χ2v) is 15.1. The summed E-state index contributed by atoms with van der Waals surface area (Å²) in [6.07, 6.45) is 2.19. The highest BCUT2D eigenvalue weighted by molar-refractivity contribution is 5.84. The van der Waals surface area contributed by atoms with Gasteiger partial charge in [-0.3, -0.25) is 62.8 Å². The van der Waals surface area contributed by atoms with Gasteiger partial charge in [-0.05, 0) is 38.5 Å². The van der Waals surface area contributed by atoms with Gasteiger partial charge in [0, 0.05) is 111 Å². The summed E-state index contributed by atoms with van der Waals surface area (Å²) in [6, 6.07) is -2.21. The Morgan fingerprint density at radius 1 is 0.444 bits per heavy atom. The molecule has 1 saturated heterocycles. The lowest BCUT2D eigenvalue weighted by Gasteiger charge is -2.35. The van der Waals surface area contributed by atoms with Gasteiger partial charge in [0.2, 0.25) is 29.5 Å². The number of carboxylic acid groups (broad SMARTS) is 5. The quantitative estimate of drug-likeness (QED) is 0.0327. The Labute approximate surface area is 366 Å². The third kappa shape index (κ3) is 28.0. The third-order valence-electron chi connectivity index (χ3n) is 10.0. The van der Waals surface area contributed by atoms with Crippen molar-refractivity contribution in [3.05, 3.63) is 0 Å². The Morgan fingerprint density at radius 3 is 1.25 bits per heavy atom. The molecule has 1 heterocycles. The van der Waals surface area contributed by atoms with Gasteiger partial charge in [-0.15, -0.1) is 0 Å². The smallest absolute Gasteiger partial charge is 0.326 e. The number of carboxylic acids is 5. The SMILES string of the molecule is CCC(=O)NC(CCCNC(=O)CCC(=O)NCCCCCNC(=O)CCNC(=O)CCC(C(=O)O)N1CCN(CC(=O)O)CCN(CC(=O)O)CCN(CC(=O)O)CC1)C(=O)O. The van der Waals surface area contributed by atoms with Crippen LogP contribution in [0.25, 0.3) is 0 Å². The van der Waals surface area contributed by atoms with E-state index in [9.17, 15) is 73.5 Å². The first kappa shape index (κ1) is 55.6. The molecule has 0 aromatic rings. The fraction of sp³-hybridized carbons (Fsp3) is 0.744. The minimum absolute atomic E-state index is 0.00719. The minimum atomic E-state index is -1.22. The molecule has 24 heteroatoms. The molecule has 1 aliphatic heterocycles. The summed E-state index contributed by atoms with van der Waals surface area (Å²) in [5.41, 5.74) is 0. The van der Waals surface area contributed by atoms with Gasteiger partial charge in [-0.2, -0.15) is 0 Å². The molecule has 0 spiro atoms. The van der Waals surface area contributed by atoms with Crippen molar-refractivity contribution in [3.63, 3.8) is 0 Å². The number of carbonyl (C=O) groups excluding carboxylic acids is 5. The average Bonchev–Trinajstić information content (AvgIpc) is 3.20. The van der Waals surface area contributed by atoms with Crippen molar-refractivity contribution < 1.29 is 73.5 Å². The van der Waals surface area contributed by atoms with Crippen LogP contribution in [0.4, 0.5) is 0 Å². The third-order valence-corrected chi connectivity index (χ3v) is 10.0. The van der Waals surface area contributed by atoms with Gasteiger partial charge in [-0.1, -0.05) is 6.92 Å². The van der Waals surface area contributed by atoms with E-state index in [1.54, 1.807) is 26.5 Å². The average molecular weight is 902 g/mol.